The Balaban J connectivity index is 2.19. The maximum atomic E-state index is 6.14. The molecule has 2 aliphatic rings. The fraction of sp³-hybridized carbons (Fsp3) is 0.500. The maximum absolute atomic E-state index is 6.14. The first-order chi connectivity index (χ1) is 9.47. The van der Waals surface area contributed by atoms with Gasteiger partial charge in [0.25, 0.3) is 0 Å². The van der Waals surface area contributed by atoms with E-state index in [-0.39, 0.29) is 11.2 Å². The standard InChI is InChI=1S/C14H22ClN5/c1-9-6-11(13(15)16)12(7-18-9)14(17)19-10-4-3-5-20(2)8-10/h6-7,10,18H,3-5,8,16H2,1-2H3,(H2,17,19)/b13-11-. The second kappa shape index (κ2) is 6.33. The van der Waals surface area contributed by atoms with Crippen molar-refractivity contribution >= 4 is 17.4 Å². The number of amidine groups is 1. The molecule has 2 rings (SSSR count). The Morgan fingerprint density at radius 1 is 1.50 bits per heavy atom. The minimum Gasteiger partial charge on any atom is -0.389 e. The summed E-state index contributed by atoms with van der Waals surface area (Å²) in [7, 11) is 2.10. The molecule has 0 aromatic carbocycles. The summed E-state index contributed by atoms with van der Waals surface area (Å²) >= 11 is 5.95. The van der Waals surface area contributed by atoms with Crippen LogP contribution in [0.2, 0.25) is 0 Å². The second-order valence-corrected chi connectivity index (χ2v) is 5.77. The van der Waals surface area contributed by atoms with Crippen LogP contribution in [0.4, 0.5) is 0 Å². The summed E-state index contributed by atoms with van der Waals surface area (Å²) in [6.07, 6.45) is 5.91. The van der Waals surface area contributed by atoms with Crippen molar-refractivity contribution in [3.8, 4) is 0 Å². The number of halogens is 1. The second-order valence-electron chi connectivity index (χ2n) is 5.36. The number of likely N-dealkylation sites (N-methyl/N-ethyl adjacent to an activating group) is 1. The Morgan fingerprint density at radius 2 is 2.25 bits per heavy atom. The Labute approximate surface area is 125 Å². The van der Waals surface area contributed by atoms with Crippen LogP contribution in [0.1, 0.15) is 19.8 Å². The van der Waals surface area contributed by atoms with Crippen LogP contribution < -0.4 is 16.8 Å². The van der Waals surface area contributed by atoms with Gasteiger partial charge in [0.2, 0.25) is 0 Å². The molecule has 0 saturated carbocycles. The lowest BCUT2D eigenvalue weighted by molar-refractivity contribution is 0.253. The van der Waals surface area contributed by atoms with Crippen LogP contribution in [0.5, 0.6) is 0 Å². The van der Waals surface area contributed by atoms with E-state index in [1.165, 1.54) is 0 Å². The summed E-state index contributed by atoms with van der Waals surface area (Å²) in [6.45, 7) is 4.00. The summed E-state index contributed by atoms with van der Waals surface area (Å²) in [5.74, 6) is 0.486. The number of allylic oxidation sites excluding steroid dienone is 2. The molecule has 1 unspecified atom stereocenters. The molecule has 6 heteroatoms. The first-order valence-corrected chi connectivity index (χ1v) is 7.18. The number of nitrogens with zero attached hydrogens (tertiary/aromatic N) is 2. The molecule has 0 aromatic rings. The number of hydrogen-bond donors (Lipinski definition) is 3. The fourth-order valence-corrected chi connectivity index (χ4v) is 2.68. The van der Waals surface area contributed by atoms with E-state index in [0.29, 0.717) is 5.84 Å². The molecule has 5 N–H and O–H groups in total. The van der Waals surface area contributed by atoms with E-state index >= 15 is 0 Å². The van der Waals surface area contributed by atoms with Gasteiger partial charge < -0.3 is 21.7 Å². The van der Waals surface area contributed by atoms with Gasteiger partial charge in [0.1, 0.15) is 11.0 Å². The SMILES string of the molecule is CC1=C/C(=C(/N)Cl)C(C(N)=NC2CCCN(C)C2)=CN1. The number of rotatable bonds is 2. The molecule has 0 radical (unpaired) electrons. The number of nitrogens with one attached hydrogen (secondary N) is 1. The van der Waals surface area contributed by atoms with Crippen LogP contribution in [0.15, 0.2) is 39.3 Å². The van der Waals surface area contributed by atoms with Crippen molar-refractivity contribution in [2.75, 3.05) is 20.1 Å². The average Bonchev–Trinajstić information content (AvgIpc) is 2.38. The average molecular weight is 296 g/mol. The van der Waals surface area contributed by atoms with Crippen molar-refractivity contribution < 1.29 is 0 Å². The fourth-order valence-electron chi connectivity index (χ4n) is 2.52. The zero-order valence-electron chi connectivity index (χ0n) is 12.0. The molecule has 110 valence electrons. The minimum absolute atomic E-state index is 0.232. The predicted octanol–water partition coefficient (Wildman–Crippen LogP) is 1.24. The predicted molar refractivity (Wildman–Crippen MR) is 84.2 cm³/mol. The molecule has 0 spiro atoms. The molecular weight excluding hydrogens is 274 g/mol. The van der Waals surface area contributed by atoms with Gasteiger partial charge in [0.05, 0.1) is 6.04 Å². The van der Waals surface area contributed by atoms with E-state index in [0.717, 1.165) is 42.8 Å². The van der Waals surface area contributed by atoms with Gasteiger partial charge in [-0.15, -0.1) is 0 Å². The molecule has 1 fully saturated rings. The molecular formula is C14H22ClN5. The Hall–Kier alpha value is -1.46. The number of piperidine rings is 1. The zero-order valence-corrected chi connectivity index (χ0v) is 12.7. The van der Waals surface area contributed by atoms with E-state index in [1.807, 2.05) is 19.2 Å². The van der Waals surface area contributed by atoms with E-state index < -0.39 is 0 Å². The Bertz CT molecular complexity index is 500. The van der Waals surface area contributed by atoms with E-state index in [4.69, 9.17) is 23.1 Å². The summed E-state index contributed by atoms with van der Waals surface area (Å²) in [6, 6.07) is 0.236. The Morgan fingerprint density at radius 3 is 2.90 bits per heavy atom. The lowest BCUT2D eigenvalue weighted by Gasteiger charge is -2.27. The molecule has 1 saturated heterocycles. The van der Waals surface area contributed by atoms with Crippen LogP contribution in [-0.2, 0) is 0 Å². The van der Waals surface area contributed by atoms with Gasteiger partial charge in [-0.2, -0.15) is 0 Å². The highest BCUT2D eigenvalue weighted by Crippen LogP contribution is 2.22. The van der Waals surface area contributed by atoms with Crippen molar-refractivity contribution in [1.29, 1.82) is 0 Å². The minimum atomic E-state index is 0.232. The van der Waals surface area contributed by atoms with E-state index in [1.54, 1.807) is 0 Å². The van der Waals surface area contributed by atoms with Crippen molar-refractivity contribution in [3.05, 3.63) is 34.3 Å². The van der Waals surface area contributed by atoms with Gasteiger partial charge in [0, 0.05) is 29.6 Å². The van der Waals surface area contributed by atoms with E-state index in [2.05, 4.69) is 22.3 Å². The van der Waals surface area contributed by atoms with Gasteiger partial charge in [-0.05, 0) is 39.4 Å². The van der Waals surface area contributed by atoms with Crippen molar-refractivity contribution in [3.63, 3.8) is 0 Å². The lowest BCUT2D eigenvalue weighted by Crippen LogP contribution is -2.36. The molecule has 0 amide bonds. The molecule has 5 nitrogen and oxygen atoms in total. The van der Waals surface area contributed by atoms with Crippen molar-refractivity contribution in [1.82, 2.24) is 10.2 Å². The van der Waals surface area contributed by atoms with E-state index in [9.17, 15) is 0 Å². The smallest absolute Gasteiger partial charge is 0.128 e. The number of nitrogens with two attached hydrogens (primary N) is 2. The highest BCUT2D eigenvalue weighted by atomic mass is 35.5. The summed E-state index contributed by atoms with van der Waals surface area (Å²) in [5, 5.41) is 3.36. The zero-order chi connectivity index (χ0) is 14.7. The largest absolute Gasteiger partial charge is 0.389 e. The normalized spacial score (nSPS) is 27.6. The van der Waals surface area contributed by atoms with Crippen molar-refractivity contribution in [2.45, 2.75) is 25.8 Å². The third kappa shape index (κ3) is 3.55. The van der Waals surface area contributed by atoms with Crippen LogP contribution in [0.25, 0.3) is 0 Å². The Kier molecular flexibility index (Phi) is 4.73. The van der Waals surface area contributed by atoms with Gasteiger partial charge >= 0.3 is 0 Å². The first kappa shape index (κ1) is 14.9. The molecule has 0 aromatic heterocycles. The highest BCUT2D eigenvalue weighted by Gasteiger charge is 2.19. The quantitative estimate of drug-likeness (QED) is 0.407. The number of dihydropyridines is 1. The first-order valence-electron chi connectivity index (χ1n) is 6.80. The maximum Gasteiger partial charge on any atom is 0.128 e. The molecule has 20 heavy (non-hydrogen) atoms. The van der Waals surface area contributed by atoms with Gasteiger partial charge in [-0.1, -0.05) is 11.6 Å². The number of aliphatic imine (C=N–C) groups is 1. The van der Waals surface area contributed by atoms with Crippen LogP contribution in [0.3, 0.4) is 0 Å². The van der Waals surface area contributed by atoms with Crippen LogP contribution in [0, 0.1) is 0 Å². The number of likely N-dealkylation sites (tertiary alicyclic amines) is 1. The highest BCUT2D eigenvalue weighted by molar-refractivity contribution is 6.30. The third-order valence-electron chi connectivity index (χ3n) is 3.55. The van der Waals surface area contributed by atoms with Crippen LogP contribution >= 0.6 is 11.6 Å². The van der Waals surface area contributed by atoms with Gasteiger partial charge in [0.15, 0.2) is 0 Å². The molecule has 0 bridgehead atoms. The summed E-state index contributed by atoms with van der Waals surface area (Å²) < 4.78 is 0. The topological polar surface area (TPSA) is 79.7 Å². The van der Waals surface area contributed by atoms with Gasteiger partial charge in [-0.3, -0.25) is 4.99 Å². The summed E-state index contributed by atoms with van der Waals surface area (Å²) in [5.41, 5.74) is 14.3. The molecule has 1 atom stereocenters. The molecule has 0 aliphatic carbocycles. The van der Waals surface area contributed by atoms with Crippen LogP contribution in [-0.4, -0.2) is 36.9 Å². The van der Waals surface area contributed by atoms with Crippen molar-refractivity contribution in [2.24, 2.45) is 16.5 Å². The number of hydrogen-bond acceptors (Lipinski definition) is 4. The molecule has 2 heterocycles. The monoisotopic (exact) mass is 295 g/mol. The third-order valence-corrected chi connectivity index (χ3v) is 3.75. The lowest BCUT2D eigenvalue weighted by atomic mass is 10.0. The summed E-state index contributed by atoms with van der Waals surface area (Å²) in [4.78, 5) is 6.91. The molecule has 2 aliphatic heterocycles. The van der Waals surface area contributed by atoms with Gasteiger partial charge in [-0.25, -0.2) is 0 Å².